The number of ether oxygens (including phenoxy) is 1. The van der Waals surface area contributed by atoms with E-state index in [0.717, 1.165) is 11.4 Å². The molecule has 0 saturated carbocycles. The van der Waals surface area contributed by atoms with Crippen LogP contribution in [0.3, 0.4) is 0 Å². The zero-order valence-electron chi connectivity index (χ0n) is 7.58. The molecule has 0 fully saturated rings. The van der Waals surface area contributed by atoms with E-state index < -0.39 is 0 Å². The Bertz CT molecular complexity index is 304. The van der Waals surface area contributed by atoms with Gasteiger partial charge in [0.15, 0.2) is 0 Å². The second kappa shape index (κ2) is 5.04. The van der Waals surface area contributed by atoms with Gasteiger partial charge < -0.3 is 10.1 Å². The lowest BCUT2D eigenvalue weighted by Gasteiger charge is -2.04. The first-order chi connectivity index (χ1) is 6.36. The summed E-state index contributed by atoms with van der Waals surface area (Å²) in [6.07, 6.45) is 9.10. The van der Waals surface area contributed by atoms with Crippen molar-refractivity contribution >= 4 is 5.69 Å². The fourth-order valence-corrected chi connectivity index (χ4v) is 0.862. The minimum Gasteiger partial charge on any atom is -0.491 e. The molecule has 0 bridgehead atoms. The number of anilines is 1. The maximum atomic E-state index is 5.34. The Kier molecular flexibility index (Phi) is 3.65. The molecule has 13 heavy (non-hydrogen) atoms. The van der Waals surface area contributed by atoms with Crippen LogP contribution in [0.1, 0.15) is 6.42 Å². The van der Waals surface area contributed by atoms with Crippen molar-refractivity contribution in [3.63, 3.8) is 0 Å². The van der Waals surface area contributed by atoms with Crippen LogP contribution < -0.4 is 10.1 Å². The minimum atomic E-state index is 0.533. The van der Waals surface area contributed by atoms with Gasteiger partial charge in [-0.2, -0.15) is 0 Å². The number of hydrogen-bond donors (Lipinski definition) is 1. The average molecular weight is 176 g/mol. The summed E-state index contributed by atoms with van der Waals surface area (Å²) < 4.78 is 5.34. The number of aromatic nitrogens is 1. The van der Waals surface area contributed by atoms with Crippen molar-refractivity contribution in [1.82, 2.24) is 4.98 Å². The molecule has 0 aliphatic carbocycles. The van der Waals surface area contributed by atoms with Crippen LogP contribution in [0.15, 0.2) is 18.5 Å². The van der Waals surface area contributed by atoms with E-state index in [2.05, 4.69) is 16.2 Å². The Balaban J connectivity index is 2.52. The molecular weight excluding hydrogens is 164 g/mol. The summed E-state index contributed by atoms with van der Waals surface area (Å²) in [6.45, 7) is 0.533. The molecule has 0 spiro atoms. The number of nitrogens with one attached hydrogen (secondary N) is 1. The van der Waals surface area contributed by atoms with E-state index >= 15 is 0 Å². The normalized spacial score (nSPS) is 8.92. The zero-order chi connectivity index (χ0) is 9.52. The third-order valence-corrected chi connectivity index (χ3v) is 1.52. The molecule has 0 aromatic carbocycles. The van der Waals surface area contributed by atoms with Gasteiger partial charge in [-0.05, 0) is 0 Å². The molecule has 1 aromatic rings. The second-order valence-corrected chi connectivity index (χ2v) is 2.46. The molecule has 68 valence electrons. The highest BCUT2D eigenvalue weighted by Gasteiger charge is 1.94. The molecule has 3 nitrogen and oxygen atoms in total. The van der Waals surface area contributed by atoms with Gasteiger partial charge in [0.05, 0.1) is 24.7 Å². The van der Waals surface area contributed by atoms with Crippen molar-refractivity contribution in [1.29, 1.82) is 0 Å². The lowest BCUT2D eigenvalue weighted by atomic mass is 10.4. The van der Waals surface area contributed by atoms with Crippen molar-refractivity contribution < 1.29 is 4.74 Å². The van der Waals surface area contributed by atoms with E-state index in [0.29, 0.717) is 13.0 Å². The van der Waals surface area contributed by atoms with Crippen molar-refractivity contribution in [3.8, 4) is 18.1 Å². The fourth-order valence-electron chi connectivity index (χ4n) is 0.862. The molecule has 3 heteroatoms. The molecule has 0 unspecified atom stereocenters. The van der Waals surface area contributed by atoms with Crippen LogP contribution in [0.2, 0.25) is 0 Å². The van der Waals surface area contributed by atoms with E-state index in [-0.39, 0.29) is 0 Å². The smallest absolute Gasteiger partial charge is 0.139 e. The summed E-state index contributed by atoms with van der Waals surface area (Å²) in [5, 5.41) is 2.97. The minimum absolute atomic E-state index is 0.533. The molecule has 0 aliphatic heterocycles. The van der Waals surface area contributed by atoms with E-state index in [4.69, 9.17) is 11.2 Å². The Labute approximate surface area is 78.1 Å². The van der Waals surface area contributed by atoms with Crippen LogP contribution in [0.4, 0.5) is 5.69 Å². The van der Waals surface area contributed by atoms with Gasteiger partial charge in [0, 0.05) is 19.5 Å². The van der Waals surface area contributed by atoms with Gasteiger partial charge in [0.25, 0.3) is 0 Å². The highest BCUT2D eigenvalue weighted by atomic mass is 16.5. The molecule has 1 N–H and O–H groups in total. The predicted molar refractivity (Wildman–Crippen MR) is 52.7 cm³/mol. The topological polar surface area (TPSA) is 34.1 Å². The largest absolute Gasteiger partial charge is 0.491 e. The summed E-state index contributed by atoms with van der Waals surface area (Å²) in [5.41, 5.74) is 0.929. The predicted octanol–water partition coefficient (Wildman–Crippen LogP) is 1.53. The summed E-state index contributed by atoms with van der Waals surface area (Å²) in [7, 11) is 1.84. The second-order valence-electron chi connectivity index (χ2n) is 2.46. The Morgan fingerprint density at radius 3 is 3.15 bits per heavy atom. The Morgan fingerprint density at radius 2 is 2.46 bits per heavy atom. The molecule has 1 aromatic heterocycles. The van der Waals surface area contributed by atoms with Crippen LogP contribution in [0.25, 0.3) is 0 Å². The van der Waals surface area contributed by atoms with Crippen LogP contribution in [0, 0.1) is 12.3 Å². The maximum absolute atomic E-state index is 5.34. The fraction of sp³-hybridized carbons (Fsp3) is 0.300. The lowest BCUT2D eigenvalue weighted by Crippen LogP contribution is -1.97. The number of terminal acetylenes is 1. The van der Waals surface area contributed by atoms with Crippen molar-refractivity contribution in [2.75, 3.05) is 19.0 Å². The van der Waals surface area contributed by atoms with Gasteiger partial charge in [-0.1, -0.05) is 0 Å². The van der Waals surface area contributed by atoms with Gasteiger partial charge in [0.1, 0.15) is 5.75 Å². The SMILES string of the molecule is C#CCCOc1cncc(NC)c1. The summed E-state index contributed by atoms with van der Waals surface area (Å²) in [5.74, 6) is 3.24. The van der Waals surface area contributed by atoms with Gasteiger partial charge in [-0.3, -0.25) is 4.98 Å². The van der Waals surface area contributed by atoms with Crippen LogP contribution in [-0.4, -0.2) is 18.6 Å². The summed E-state index contributed by atoms with van der Waals surface area (Å²) in [6, 6.07) is 1.88. The Morgan fingerprint density at radius 1 is 1.62 bits per heavy atom. The van der Waals surface area contributed by atoms with Crippen molar-refractivity contribution in [3.05, 3.63) is 18.5 Å². The highest BCUT2D eigenvalue weighted by Crippen LogP contribution is 2.14. The van der Waals surface area contributed by atoms with Gasteiger partial charge in [-0.15, -0.1) is 12.3 Å². The monoisotopic (exact) mass is 176 g/mol. The zero-order valence-corrected chi connectivity index (χ0v) is 7.58. The first kappa shape index (κ1) is 9.40. The first-order valence-corrected chi connectivity index (χ1v) is 4.06. The maximum Gasteiger partial charge on any atom is 0.139 e. The summed E-state index contributed by atoms with van der Waals surface area (Å²) in [4.78, 5) is 4.00. The third kappa shape index (κ3) is 3.04. The molecule has 0 aliphatic rings. The standard InChI is InChI=1S/C10H12N2O/c1-3-4-5-13-10-6-9(11-2)7-12-8-10/h1,6-8,11H,4-5H2,2H3. The summed E-state index contributed by atoms with van der Waals surface area (Å²) >= 11 is 0. The quantitative estimate of drug-likeness (QED) is 0.558. The van der Waals surface area contributed by atoms with E-state index in [1.165, 1.54) is 0 Å². The van der Waals surface area contributed by atoms with Crippen LogP contribution >= 0.6 is 0 Å². The van der Waals surface area contributed by atoms with Crippen molar-refractivity contribution in [2.45, 2.75) is 6.42 Å². The van der Waals surface area contributed by atoms with Gasteiger partial charge in [0.2, 0.25) is 0 Å². The van der Waals surface area contributed by atoms with E-state index in [1.54, 1.807) is 12.4 Å². The number of rotatable bonds is 4. The molecule has 1 rings (SSSR count). The number of nitrogens with zero attached hydrogens (tertiary/aromatic N) is 1. The Hall–Kier alpha value is -1.69. The third-order valence-electron chi connectivity index (χ3n) is 1.52. The van der Waals surface area contributed by atoms with Crippen LogP contribution in [0.5, 0.6) is 5.75 Å². The molecule has 0 amide bonds. The van der Waals surface area contributed by atoms with E-state index in [1.807, 2.05) is 13.1 Å². The van der Waals surface area contributed by atoms with E-state index in [9.17, 15) is 0 Å². The molecule has 0 saturated heterocycles. The highest BCUT2D eigenvalue weighted by molar-refractivity contribution is 5.44. The lowest BCUT2D eigenvalue weighted by molar-refractivity contribution is 0.326. The molecule has 0 atom stereocenters. The first-order valence-electron chi connectivity index (χ1n) is 4.06. The number of hydrogen-bond acceptors (Lipinski definition) is 3. The molecular formula is C10H12N2O. The molecule has 0 radical (unpaired) electrons. The number of pyridine rings is 1. The van der Waals surface area contributed by atoms with Crippen molar-refractivity contribution in [2.24, 2.45) is 0 Å². The van der Waals surface area contributed by atoms with Gasteiger partial charge in [-0.25, -0.2) is 0 Å². The van der Waals surface area contributed by atoms with Crippen LogP contribution in [-0.2, 0) is 0 Å². The average Bonchev–Trinajstić information content (AvgIpc) is 2.19. The van der Waals surface area contributed by atoms with Gasteiger partial charge >= 0.3 is 0 Å². The molecule has 1 heterocycles.